The lowest BCUT2D eigenvalue weighted by Crippen LogP contribution is -2.47. The van der Waals surface area contributed by atoms with Gasteiger partial charge < -0.3 is 0 Å². The lowest BCUT2D eigenvalue weighted by atomic mass is 10.2. The second kappa shape index (κ2) is 9.93. The molecule has 0 radical (unpaired) electrons. The zero-order chi connectivity index (χ0) is 14.8. The van der Waals surface area contributed by atoms with Gasteiger partial charge in [-0.25, -0.2) is 8.82 Å². The first-order chi connectivity index (χ1) is 9.05. The van der Waals surface area contributed by atoms with E-state index in [0.717, 1.165) is 58.2 Å². The van der Waals surface area contributed by atoms with Crippen molar-refractivity contribution in [1.82, 2.24) is 0 Å². The molecule has 0 fully saturated rings. The summed E-state index contributed by atoms with van der Waals surface area (Å²) in [7, 11) is -0.0439. The maximum absolute atomic E-state index is 13.0. The molecule has 0 aromatic carbocycles. The van der Waals surface area contributed by atoms with Crippen molar-refractivity contribution in [2.75, 3.05) is 33.9 Å². The van der Waals surface area contributed by atoms with E-state index < -0.39 is 7.75 Å². The third-order valence-corrected chi connectivity index (χ3v) is 6.33. The summed E-state index contributed by atoms with van der Waals surface area (Å²) in [6.45, 7) is 9.15. The Balaban J connectivity index is 5.24. The Morgan fingerprint density at radius 2 is 1.11 bits per heavy atom. The maximum Gasteiger partial charge on any atom is 0.531 e. The molecule has 19 heavy (non-hydrogen) atoms. The minimum absolute atomic E-state index is 0.496. The van der Waals surface area contributed by atoms with Gasteiger partial charge in [0.2, 0.25) is 0 Å². The van der Waals surface area contributed by atoms with E-state index in [-0.39, 0.29) is 0 Å². The molecule has 0 unspecified atom stereocenters. The first-order valence-electron chi connectivity index (χ1n) is 7.63. The zero-order valence-corrected chi connectivity index (χ0v) is 14.4. The highest BCUT2D eigenvalue weighted by molar-refractivity contribution is 7.47. The topological polar surface area (TPSA) is 35.5 Å². The van der Waals surface area contributed by atoms with E-state index in [4.69, 9.17) is 9.05 Å². The minimum Gasteiger partial charge on any atom is -0.266 e. The number of nitrogens with zero attached hydrogens (tertiary/aromatic N) is 1. The van der Waals surface area contributed by atoms with Gasteiger partial charge in [0.15, 0.2) is 0 Å². The van der Waals surface area contributed by atoms with Crippen LogP contribution in [0.3, 0.4) is 0 Å². The average molecular weight is 294 g/mol. The van der Waals surface area contributed by atoms with E-state index in [1.54, 1.807) is 0 Å². The van der Waals surface area contributed by atoms with Gasteiger partial charge in [-0.1, -0.05) is 40.0 Å². The fraction of sp³-hybridized carbons (Fsp3) is 1.00. The van der Waals surface area contributed by atoms with Gasteiger partial charge in [0.05, 0.1) is 33.9 Å². The Hall–Kier alpha value is 0.110. The van der Waals surface area contributed by atoms with Crippen LogP contribution in [0.25, 0.3) is 0 Å². The van der Waals surface area contributed by atoms with Crippen LogP contribution in [-0.4, -0.2) is 38.1 Å². The Labute approximate surface area is 119 Å². The molecule has 0 aromatic heterocycles. The number of rotatable bonds is 12. The molecule has 0 saturated carbocycles. The number of hydrogen-bond donors (Lipinski definition) is 0. The largest absolute Gasteiger partial charge is 0.531 e. The highest BCUT2D eigenvalue weighted by Crippen LogP contribution is 2.57. The number of hydrogen-bond acceptors (Lipinski definition) is 3. The van der Waals surface area contributed by atoms with Crippen molar-refractivity contribution >= 4 is 7.75 Å². The summed E-state index contributed by atoms with van der Waals surface area (Å²) in [5.41, 5.74) is 0. The smallest absolute Gasteiger partial charge is 0.266 e. The average Bonchev–Trinajstić information content (AvgIpc) is 2.46. The van der Waals surface area contributed by atoms with Gasteiger partial charge in [-0.3, -0.25) is 9.05 Å². The van der Waals surface area contributed by atoms with Gasteiger partial charge in [0, 0.05) is 0 Å². The van der Waals surface area contributed by atoms with Crippen molar-refractivity contribution in [3.8, 4) is 0 Å². The van der Waals surface area contributed by atoms with Gasteiger partial charge in [0.25, 0.3) is 0 Å². The number of unbranched alkanes of at least 4 members (excludes halogenated alkanes) is 3. The van der Waals surface area contributed by atoms with Gasteiger partial charge >= 0.3 is 7.75 Å². The molecule has 0 rings (SSSR count). The molecule has 0 aliphatic heterocycles. The predicted octanol–water partition coefficient (Wildman–Crippen LogP) is 4.60. The van der Waals surface area contributed by atoms with Crippen LogP contribution in [0.2, 0.25) is 0 Å². The molecule has 116 valence electrons. The summed E-state index contributed by atoms with van der Waals surface area (Å²) in [5.74, 6) is 0. The van der Waals surface area contributed by atoms with E-state index in [2.05, 4.69) is 20.8 Å². The van der Waals surface area contributed by atoms with Crippen LogP contribution < -0.4 is 0 Å². The zero-order valence-electron chi connectivity index (χ0n) is 13.5. The quantitative estimate of drug-likeness (QED) is 0.493. The van der Waals surface area contributed by atoms with Crippen LogP contribution in [0.15, 0.2) is 0 Å². The van der Waals surface area contributed by atoms with Crippen LogP contribution in [0.1, 0.15) is 59.3 Å². The van der Waals surface area contributed by atoms with Crippen LogP contribution in [-0.2, 0) is 13.6 Å². The van der Waals surface area contributed by atoms with Crippen molar-refractivity contribution in [3.63, 3.8) is 0 Å². The molecular weight excluding hydrogens is 261 g/mol. The van der Waals surface area contributed by atoms with Crippen molar-refractivity contribution in [1.29, 1.82) is 0 Å². The van der Waals surface area contributed by atoms with E-state index in [9.17, 15) is 4.57 Å². The van der Waals surface area contributed by atoms with E-state index >= 15 is 0 Å². The van der Waals surface area contributed by atoms with Gasteiger partial charge in [-0.2, -0.15) is 0 Å². The molecule has 0 heterocycles. The molecule has 5 heteroatoms. The first-order valence-corrected chi connectivity index (χ1v) is 9.13. The van der Waals surface area contributed by atoms with E-state index in [1.165, 1.54) is 14.2 Å². The van der Waals surface area contributed by atoms with Crippen molar-refractivity contribution in [2.45, 2.75) is 59.3 Å². The molecule has 0 atom stereocenters. The second-order valence-corrected chi connectivity index (χ2v) is 7.68. The molecule has 0 aliphatic carbocycles. The standard InChI is InChI=1S/C14H33NO3P/c1-6-9-12-15(13-10-7-2,14-11-8-3)19(16,17-4)18-5/h6-14H2,1-5H3/q+1. The fourth-order valence-corrected chi connectivity index (χ4v) is 4.48. The Morgan fingerprint density at radius 1 is 0.789 bits per heavy atom. The molecule has 0 N–H and O–H groups in total. The summed E-state index contributed by atoms with van der Waals surface area (Å²) >= 11 is 0. The molecule has 4 nitrogen and oxygen atoms in total. The number of quaternary nitrogens is 1. The lowest BCUT2D eigenvalue weighted by molar-refractivity contribution is -0.825. The molecule has 0 aromatic rings. The third-order valence-electron chi connectivity index (χ3n) is 3.76. The SMILES string of the molecule is CCCC[N+](CCCC)(CCCC)P(=O)(OC)OC. The summed E-state index contributed by atoms with van der Waals surface area (Å²) in [5, 5.41) is 0. The lowest BCUT2D eigenvalue weighted by Gasteiger charge is -2.41. The summed E-state index contributed by atoms with van der Waals surface area (Å²) in [6, 6.07) is 0. The third kappa shape index (κ3) is 5.18. The molecular formula is C14H33NO3P+. The van der Waals surface area contributed by atoms with Gasteiger partial charge in [-0.05, 0) is 19.3 Å². The first kappa shape index (κ1) is 19.1. The normalized spacial score (nSPS) is 12.9. The van der Waals surface area contributed by atoms with E-state index in [0.29, 0.717) is 4.25 Å². The monoisotopic (exact) mass is 294 g/mol. The summed E-state index contributed by atoms with van der Waals surface area (Å²) in [6.07, 6.45) is 6.49. The van der Waals surface area contributed by atoms with Crippen molar-refractivity contribution in [3.05, 3.63) is 0 Å². The Bertz CT molecular complexity index is 242. The van der Waals surface area contributed by atoms with Crippen LogP contribution >= 0.6 is 7.75 Å². The highest BCUT2D eigenvalue weighted by atomic mass is 31.2. The summed E-state index contributed by atoms with van der Waals surface area (Å²) < 4.78 is 24.2. The molecule has 0 amide bonds. The van der Waals surface area contributed by atoms with Crippen molar-refractivity contribution in [2.24, 2.45) is 0 Å². The van der Waals surface area contributed by atoms with E-state index in [1.807, 2.05) is 0 Å². The molecule has 0 bridgehead atoms. The van der Waals surface area contributed by atoms with Crippen molar-refractivity contribution < 1.29 is 17.9 Å². The highest BCUT2D eigenvalue weighted by Gasteiger charge is 2.48. The molecule has 0 aliphatic rings. The Kier molecular flexibility index (Phi) is 9.98. The maximum atomic E-state index is 13.0. The van der Waals surface area contributed by atoms with Crippen LogP contribution in [0, 0.1) is 0 Å². The van der Waals surface area contributed by atoms with Gasteiger partial charge in [-0.15, -0.1) is 0 Å². The van der Waals surface area contributed by atoms with Crippen LogP contribution in [0.4, 0.5) is 0 Å². The summed E-state index contributed by atoms with van der Waals surface area (Å²) in [4.78, 5) is 0. The molecule has 0 saturated heterocycles. The fourth-order valence-electron chi connectivity index (χ4n) is 2.48. The predicted molar refractivity (Wildman–Crippen MR) is 81.2 cm³/mol. The molecule has 0 spiro atoms. The minimum atomic E-state index is -3.07. The van der Waals surface area contributed by atoms with Crippen LogP contribution in [0.5, 0.6) is 0 Å². The second-order valence-electron chi connectivity index (χ2n) is 5.16. The van der Waals surface area contributed by atoms with Gasteiger partial charge in [0.1, 0.15) is 0 Å². The Morgan fingerprint density at radius 3 is 1.32 bits per heavy atom.